The second-order valence-corrected chi connectivity index (χ2v) is 4.31. The Morgan fingerprint density at radius 3 is 3.08 bits per heavy atom. The van der Waals surface area contributed by atoms with Crippen LogP contribution in [0.5, 0.6) is 0 Å². The molecule has 2 aliphatic rings. The van der Waals surface area contributed by atoms with Gasteiger partial charge in [0.15, 0.2) is 0 Å². The molecule has 1 spiro atoms. The standard InChI is InChI=1S/C10H19NO/c11-5-2-9-8-10(9)3-1-6-12-7-4-10/h9H,1-8,11H2. The molecular weight excluding hydrogens is 150 g/mol. The maximum Gasteiger partial charge on any atom is 0.0471 e. The zero-order chi connectivity index (χ0) is 8.44. The molecule has 2 heteroatoms. The Bertz CT molecular complexity index is 150. The fourth-order valence-corrected chi connectivity index (χ4v) is 2.68. The monoisotopic (exact) mass is 169 g/mol. The second-order valence-electron chi connectivity index (χ2n) is 4.31. The average molecular weight is 169 g/mol. The van der Waals surface area contributed by atoms with Gasteiger partial charge in [0, 0.05) is 13.2 Å². The van der Waals surface area contributed by atoms with Gasteiger partial charge in [-0.2, -0.15) is 0 Å². The van der Waals surface area contributed by atoms with Crippen LogP contribution in [0.3, 0.4) is 0 Å². The molecule has 2 atom stereocenters. The number of nitrogens with two attached hydrogens (primary N) is 1. The van der Waals surface area contributed by atoms with Crippen LogP contribution in [0.4, 0.5) is 0 Å². The summed E-state index contributed by atoms with van der Waals surface area (Å²) in [5.41, 5.74) is 6.24. The average Bonchev–Trinajstić information content (AvgIpc) is 2.79. The van der Waals surface area contributed by atoms with Crippen LogP contribution in [-0.4, -0.2) is 19.8 Å². The Kier molecular flexibility index (Phi) is 2.37. The van der Waals surface area contributed by atoms with Gasteiger partial charge in [-0.05, 0) is 50.0 Å². The summed E-state index contributed by atoms with van der Waals surface area (Å²) in [7, 11) is 0. The van der Waals surface area contributed by atoms with Gasteiger partial charge in [-0.1, -0.05) is 0 Å². The smallest absolute Gasteiger partial charge is 0.0471 e. The van der Waals surface area contributed by atoms with Gasteiger partial charge in [0.2, 0.25) is 0 Å². The molecule has 2 nitrogen and oxygen atoms in total. The molecule has 2 rings (SSSR count). The van der Waals surface area contributed by atoms with E-state index in [1.165, 1.54) is 32.1 Å². The van der Waals surface area contributed by atoms with Crippen molar-refractivity contribution in [3.8, 4) is 0 Å². The Hall–Kier alpha value is -0.0800. The first-order valence-electron chi connectivity index (χ1n) is 5.15. The topological polar surface area (TPSA) is 35.2 Å². The van der Waals surface area contributed by atoms with Crippen LogP contribution >= 0.6 is 0 Å². The summed E-state index contributed by atoms with van der Waals surface area (Å²) in [5, 5.41) is 0. The number of hydrogen-bond acceptors (Lipinski definition) is 2. The molecule has 0 bridgehead atoms. The molecule has 12 heavy (non-hydrogen) atoms. The summed E-state index contributed by atoms with van der Waals surface area (Å²) in [6.07, 6.45) is 6.60. The molecule has 0 aromatic heterocycles. The summed E-state index contributed by atoms with van der Waals surface area (Å²) in [6.45, 7) is 2.84. The van der Waals surface area contributed by atoms with Gasteiger partial charge in [0.1, 0.15) is 0 Å². The van der Waals surface area contributed by atoms with Crippen molar-refractivity contribution in [1.82, 2.24) is 0 Å². The summed E-state index contributed by atoms with van der Waals surface area (Å²) >= 11 is 0. The first kappa shape index (κ1) is 8.52. The van der Waals surface area contributed by atoms with Gasteiger partial charge in [-0.25, -0.2) is 0 Å². The van der Waals surface area contributed by atoms with Crippen LogP contribution in [0, 0.1) is 11.3 Å². The lowest BCUT2D eigenvalue weighted by Gasteiger charge is -2.12. The predicted molar refractivity (Wildman–Crippen MR) is 48.9 cm³/mol. The quantitative estimate of drug-likeness (QED) is 0.680. The number of ether oxygens (including phenoxy) is 1. The van der Waals surface area contributed by atoms with E-state index in [0.29, 0.717) is 5.41 Å². The normalized spacial score (nSPS) is 41.2. The Morgan fingerprint density at radius 1 is 1.33 bits per heavy atom. The van der Waals surface area contributed by atoms with Crippen molar-refractivity contribution in [3.05, 3.63) is 0 Å². The predicted octanol–water partition coefficient (Wildman–Crippen LogP) is 1.54. The van der Waals surface area contributed by atoms with E-state index in [1.54, 1.807) is 0 Å². The minimum Gasteiger partial charge on any atom is -0.381 e. The van der Waals surface area contributed by atoms with Crippen LogP contribution in [0.1, 0.15) is 32.1 Å². The van der Waals surface area contributed by atoms with E-state index in [2.05, 4.69) is 0 Å². The SMILES string of the molecule is NCCC1CC12CCCOCC2. The van der Waals surface area contributed by atoms with Gasteiger partial charge >= 0.3 is 0 Å². The molecule has 1 saturated carbocycles. The molecule has 70 valence electrons. The maximum absolute atomic E-state index is 5.57. The highest BCUT2D eigenvalue weighted by molar-refractivity contribution is 5.02. The van der Waals surface area contributed by atoms with Crippen molar-refractivity contribution in [1.29, 1.82) is 0 Å². The van der Waals surface area contributed by atoms with E-state index in [4.69, 9.17) is 10.5 Å². The first-order chi connectivity index (χ1) is 5.87. The molecule has 2 fully saturated rings. The molecule has 0 radical (unpaired) electrons. The third kappa shape index (κ3) is 1.50. The Balaban J connectivity index is 1.86. The van der Waals surface area contributed by atoms with Crippen LogP contribution in [0.15, 0.2) is 0 Å². The van der Waals surface area contributed by atoms with E-state index in [1.807, 2.05) is 0 Å². The van der Waals surface area contributed by atoms with Crippen LogP contribution in [0.2, 0.25) is 0 Å². The van der Waals surface area contributed by atoms with E-state index in [-0.39, 0.29) is 0 Å². The van der Waals surface area contributed by atoms with Crippen LogP contribution < -0.4 is 5.73 Å². The zero-order valence-corrected chi connectivity index (χ0v) is 7.72. The largest absolute Gasteiger partial charge is 0.381 e. The molecular formula is C10H19NO. The summed E-state index contributed by atoms with van der Waals surface area (Å²) in [4.78, 5) is 0. The lowest BCUT2D eigenvalue weighted by atomic mass is 9.93. The lowest BCUT2D eigenvalue weighted by molar-refractivity contribution is 0.139. The van der Waals surface area contributed by atoms with Gasteiger partial charge < -0.3 is 10.5 Å². The van der Waals surface area contributed by atoms with Crippen molar-refractivity contribution < 1.29 is 4.74 Å². The van der Waals surface area contributed by atoms with Crippen molar-refractivity contribution in [2.75, 3.05) is 19.8 Å². The second kappa shape index (κ2) is 3.35. The molecule has 1 heterocycles. The minimum absolute atomic E-state index is 0.676. The maximum atomic E-state index is 5.57. The zero-order valence-electron chi connectivity index (χ0n) is 7.72. The van der Waals surface area contributed by atoms with E-state index < -0.39 is 0 Å². The lowest BCUT2D eigenvalue weighted by Crippen LogP contribution is -2.08. The van der Waals surface area contributed by atoms with Crippen LogP contribution in [-0.2, 0) is 4.74 Å². The molecule has 1 aliphatic carbocycles. The fraction of sp³-hybridized carbons (Fsp3) is 1.00. The van der Waals surface area contributed by atoms with Gasteiger partial charge in [0.05, 0.1) is 0 Å². The van der Waals surface area contributed by atoms with E-state index in [9.17, 15) is 0 Å². The molecule has 1 saturated heterocycles. The summed E-state index contributed by atoms with van der Waals surface area (Å²) in [5.74, 6) is 0.934. The Morgan fingerprint density at radius 2 is 2.25 bits per heavy atom. The van der Waals surface area contributed by atoms with Crippen molar-refractivity contribution in [3.63, 3.8) is 0 Å². The van der Waals surface area contributed by atoms with E-state index in [0.717, 1.165) is 25.7 Å². The molecule has 2 unspecified atom stereocenters. The van der Waals surface area contributed by atoms with Crippen molar-refractivity contribution >= 4 is 0 Å². The molecule has 2 N–H and O–H groups in total. The molecule has 0 aromatic rings. The highest BCUT2D eigenvalue weighted by Gasteiger charge is 2.52. The highest BCUT2D eigenvalue weighted by Crippen LogP contribution is 2.60. The fourth-order valence-electron chi connectivity index (χ4n) is 2.68. The van der Waals surface area contributed by atoms with Gasteiger partial charge in [-0.15, -0.1) is 0 Å². The number of rotatable bonds is 2. The van der Waals surface area contributed by atoms with Gasteiger partial charge in [-0.3, -0.25) is 0 Å². The van der Waals surface area contributed by atoms with Crippen molar-refractivity contribution in [2.24, 2.45) is 17.1 Å². The van der Waals surface area contributed by atoms with E-state index >= 15 is 0 Å². The number of hydrogen-bond donors (Lipinski definition) is 1. The minimum atomic E-state index is 0.676. The molecule has 0 aromatic carbocycles. The summed E-state index contributed by atoms with van der Waals surface area (Å²) < 4.78 is 5.47. The Labute approximate surface area is 74.5 Å². The molecule has 0 amide bonds. The van der Waals surface area contributed by atoms with Gasteiger partial charge in [0.25, 0.3) is 0 Å². The first-order valence-corrected chi connectivity index (χ1v) is 5.15. The summed E-state index contributed by atoms with van der Waals surface area (Å²) in [6, 6.07) is 0. The van der Waals surface area contributed by atoms with Crippen molar-refractivity contribution in [2.45, 2.75) is 32.1 Å². The highest BCUT2D eigenvalue weighted by atomic mass is 16.5. The third-order valence-corrected chi connectivity index (χ3v) is 3.58. The third-order valence-electron chi connectivity index (χ3n) is 3.58. The molecule has 1 aliphatic heterocycles. The van der Waals surface area contributed by atoms with Crippen LogP contribution in [0.25, 0.3) is 0 Å².